The maximum Gasteiger partial charge on any atom is 0.336 e. The minimum Gasteiger partial charge on any atom is -0.493 e. The van der Waals surface area contributed by atoms with Crippen LogP contribution >= 0.6 is 0 Å². The Bertz CT molecular complexity index is 670. The van der Waals surface area contributed by atoms with Gasteiger partial charge in [0.1, 0.15) is 11.5 Å². The summed E-state index contributed by atoms with van der Waals surface area (Å²) in [5.41, 5.74) is 2.06. The summed E-state index contributed by atoms with van der Waals surface area (Å²) < 4.78 is 10.8. The molecule has 0 amide bonds. The molecule has 0 aliphatic rings. The van der Waals surface area contributed by atoms with Gasteiger partial charge in [0.25, 0.3) is 0 Å². The minimum absolute atomic E-state index is 0.409. The van der Waals surface area contributed by atoms with Crippen molar-refractivity contribution < 1.29 is 14.3 Å². The fraction of sp³-hybridized carbons (Fsp3) is 0.250. The van der Waals surface area contributed by atoms with Crippen LogP contribution in [0, 0.1) is 0 Å². The summed E-state index contributed by atoms with van der Waals surface area (Å²) >= 11 is 0. The molecule has 0 spiro atoms. The number of carbonyl (C=O) groups excluding carboxylic acids is 1. The van der Waals surface area contributed by atoms with Crippen LogP contribution in [0.4, 0.5) is 0 Å². The van der Waals surface area contributed by atoms with Gasteiger partial charge in [0.05, 0.1) is 6.61 Å². The Labute approximate surface area is 137 Å². The lowest BCUT2D eigenvalue weighted by Gasteiger charge is -2.07. The van der Waals surface area contributed by atoms with Crippen LogP contribution in [-0.4, -0.2) is 12.6 Å². The van der Waals surface area contributed by atoms with Crippen molar-refractivity contribution >= 4 is 12.0 Å². The fourth-order valence-electron chi connectivity index (χ4n) is 2.13. The van der Waals surface area contributed by atoms with E-state index in [0.29, 0.717) is 18.3 Å². The van der Waals surface area contributed by atoms with Crippen LogP contribution < -0.4 is 9.47 Å². The van der Waals surface area contributed by atoms with Gasteiger partial charge in [0, 0.05) is 11.6 Å². The molecule has 2 aromatic carbocycles. The highest BCUT2D eigenvalue weighted by molar-refractivity contribution is 5.89. The highest BCUT2D eigenvalue weighted by atomic mass is 16.5. The second-order valence-corrected chi connectivity index (χ2v) is 5.45. The van der Waals surface area contributed by atoms with Gasteiger partial charge in [-0.3, -0.25) is 0 Å². The molecule has 0 aliphatic heterocycles. The molecule has 2 rings (SSSR count). The van der Waals surface area contributed by atoms with E-state index >= 15 is 0 Å². The second-order valence-electron chi connectivity index (χ2n) is 5.45. The normalized spacial score (nSPS) is 11.0. The van der Waals surface area contributed by atoms with Crippen molar-refractivity contribution in [3.63, 3.8) is 0 Å². The van der Waals surface area contributed by atoms with Crippen molar-refractivity contribution in [1.82, 2.24) is 0 Å². The highest BCUT2D eigenvalue weighted by Crippen LogP contribution is 2.20. The number of ether oxygens (including phenoxy) is 2. The molecule has 0 atom stereocenters. The lowest BCUT2D eigenvalue weighted by atomic mass is 10.0. The number of esters is 1. The molecule has 0 unspecified atom stereocenters. The highest BCUT2D eigenvalue weighted by Gasteiger charge is 2.04. The SMILES string of the molecule is CCOc1ccccc1/C=C/C(=O)Oc1ccc(C(C)C)cc1. The average molecular weight is 310 g/mol. The van der Waals surface area contributed by atoms with Crippen LogP contribution in [0.5, 0.6) is 11.5 Å². The lowest BCUT2D eigenvalue weighted by Crippen LogP contribution is -2.04. The van der Waals surface area contributed by atoms with Crippen molar-refractivity contribution in [2.75, 3.05) is 6.61 Å². The van der Waals surface area contributed by atoms with Gasteiger partial charge in [-0.1, -0.05) is 44.2 Å². The second kappa shape index (κ2) is 8.18. The summed E-state index contributed by atoms with van der Waals surface area (Å²) in [5.74, 6) is 1.34. The summed E-state index contributed by atoms with van der Waals surface area (Å²) in [7, 11) is 0. The molecule has 3 heteroatoms. The Morgan fingerprint density at radius 2 is 1.78 bits per heavy atom. The van der Waals surface area contributed by atoms with Crippen LogP contribution in [0.1, 0.15) is 37.8 Å². The molecule has 0 aromatic heterocycles. The van der Waals surface area contributed by atoms with E-state index in [4.69, 9.17) is 9.47 Å². The van der Waals surface area contributed by atoms with Crippen LogP contribution in [-0.2, 0) is 4.79 Å². The van der Waals surface area contributed by atoms with Crippen LogP contribution in [0.15, 0.2) is 54.6 Å². The van der Waals surface area contributed by atoms with Gasteiger partial charge >= 0.3 is 5.97 Å². The number of benzene rings is 2. The first kappa shape index (κ1) is 16.8. The third kappa shape index (κ3) is 4.99. The van der Waals surface area contributed by atoms with Crippen LogP contribution in [0.2, 0.25) is 0 Å². The molecule has 3 nitrogen and oxygen atoms in total. The smallest absolute Gasteiger partial charge is 0.336 e. The first-order chi connectivity index (χ1) is 11.1. The molecule has 0 saturated carbocycles. The Morgan fingerprint density at radius 3 is 2.43 bits per heavy atom. The standard InChI is InChI=1S/C20H22O3/c1-4-22-19-8-6-5-7-17(19)11-14-20(21)23-18-12-9-16(10-13-18)15(2)3/h5-15H,4H2,1-3H3/b14-11+. The summed E-state index contributed by atoms with van der Waals surface area (Å²) in [6.07, 6.45) is 3.12. The van der Waals surface area contributed by atoms with Gasteiger partial charge in [-0.05, 0) is 42.7 Å². The van der Waals surface area contributed by atoms with Gasteiger partial charge in [-0.2, -0.15) is 0 Å². The zero-order valence-corrected chi connectivity index (χ0v) is 13.8. The third-order valence-corrected chi connectivity index (χ3v) is 3.38. The van der Waals surface area contributed by atoms with E-state index in [2.05, 4.69) is 13.8 Å². The molecule has 0 bridgehead atoms. The molecule has 120 valence electrons. The summed E-state index contributed by atoms with van der Waals surface area (Å²) in [6, 6.07) is 15.1. The Kier molecular flexibility index (Phi) is 5.98. The van der Waals surface area contributed by atoms with Crippen molar-refractivity contribution in [1.29, 1.82) is 0 Å². The van der Waals surface area contributed by atoms with Crippen LogP contribution in [0.3, 0.4) is 0 Å². The predicted octanol–water partition coefficient (Wildman–Crippen LogP) is 4.83. The van der Waals surface area contributed by atoms with E-state index in [0.717, 1.165) is 11.3 Å². The predicted molar refractivity (Wildman–Crippen MR) is 92.8 cm³/mol. The van der Waals surface area contributed by atoms with Gasteiger partial charge in [0.15, 0.2) is 0 Å². The number of hydrogen-bond donors (Lipinski definition) is 0. The van der Waals surface area contributed by atoms with Crippen molar-refractivity contribution in [2.45, 2.75) is 26.7 Å². The molecule has 0 aliphatic carbocycles. The van der Waals surface area contributed by atoms with E-state index in [1.807, 2.05) is 55.5 Å². The van der Waals surface area contributed by atoms with Crippen LogP contribution in [0.25, 0.3) is 6.08 Å². The van der Waals surface area contributed by atoms with Gasteiger partial charge in [-0.25, -0.2) is 4.79 Å². The number of hydrogen-bond acceptors (Lipinski definition) is 3. The van der Waals surface area contributed by atoms with Crippen molar-refractivity contribution in [2.24, 2.45) is 0 Å². The maximum atomic E-state index is 11.9. The van der Waals surface area contributed by atoms with E-state index < -0.39 is 5.97 Å². The summed E-state index contributed by atoms with van der Waals surface area (Å²) in [4.78, 5) is 11.9. The molecular formula is C20H22O3. The topological polar surface area (TPSA) is 35.5 Å². The molecule has 0 fully saturated rings. The Balaban J connectivity index is 2.01. The summed E-state index contributed by atoms with van der Waals surface area (Å²) in [5, 5.41) is 0. The summed E-state index contributed by atoms with van der Waals surface area (Å²) in [6.45, 7) is 6.76. The molecule has 0 N–H and O–H groups in total. The number of rotatable bonds is 6. The van der Waals surface area contributed by atoms with E-state index in [1.54, 1.807) is 6.08 Å². The molecule has 0 radical (unpaired) electrons. The lowest BCUT2D eigenvalue weighted by molar-refractivity contribution is -0.128. The zero-order valence-electron chi connectivity index (χ0n) is 13.8. The van der Waals surface area contributed by atoms with E-state index in [9.17, 15) is 4.79 Å². The van der Waals surface area contributed by atoms with Crippen molar-refractivity contribution in [3.8, 4) is 11.5 Å². The average Bonchev–Trinajstić information content (AvgIpc) is 2.55. The monoisotopic (exact) mass is 310 g/mol. The Hall–Kier alpha value is -2.55. The molecule has 0 saturated heterocycles. The molecule has 0 heterocycles. The number of carbonyl (C=O) groups is 1. The first-order valence-corrected chi connectivity index (χ1v) is 7.82. The number of para-hydroxylation sites is 1. The van der Waals surface area contributed by atoms with Crippen molar-refractivity contribution in [3.05, 3.63) is 65.7 Å². The largest absolute Gasteiger partial charge is 0.493 e. The third-order valence-electron chi connectivity index (χ3n) is 3.38. The van der Waals surface area contributed by atoms with E-state index in [1.165, 1.54) is 11.6 Å². The molecule has 2 aromatic rings. The fourth-order valence-corrected chi connectivity index (χ4v) is 2.13. The molecule has 23 heavy (non-hydrogen) atoms. The maximum absolute atomic E-state index is 11.9. The van der Waals surface area contributed by atoms with Gasteiger partial charge < -0.3 is 9.47 Å². The van der Waals surface area contributed by atoms with Gasteiger partial charge in [0.2, 0.25) is 0 Å². The van der Waals surface area contributed by atoms with E-state index in [-0.39, 0.29) is 0 Å². The van der Waals surface area contributed by atoms with Gasteiger partial charge in [-0.15, -0.1) is 0 Å². The quantitative estimate of drug-likeness (QED) is 0.435. The first-order valence-electron chi connectivity index (χ1n) is 7.82. The minimum atomic E-state index is -0.409. The molecular weight excluding hydrogens is 288 g/mol. The Morgan fingerprint density at radius 1 is 1.09 bits per heavy atom. The zero-order chi connectivity index (χ0) is 16.7.